The molecule has 2 bridgehead atoms. The van der Waals surface area contributed by atoms with Crippen LogP contribution in [0.1, 0.15) is 18.6 Å². The van der Waals surface area contributed by atoms with Crippen LogP contribution in [0.5, 0.6) is 0 Å². The van der Waals surface area contributed by atoms with Crippen LogP contribution in [-0.2, 0) is 0 Å². The molecule has 0 unspecified atom stereocenters. The standard InChI is InChI=1S/C18H25N3O/c1(3-17-4-2-14-22-17)7-19-10-12-21(13-11-19)18-15-20-8-5-16(18)6-9-20/h2,4,14,16,18H,5-13,15H2/t18-/m0/s1. The maximum absolute atomic E-state index is 5.24. The van der Waals surface area contributed by atoms with E-state index in [1.807, 2.05) is 12.1 Å². The second-order valence-corrected chi connectivity index (χ2v) is 6.80. The maximum atomic E-state index is 5.24. The third-order valence-corrected chi connectivity index (χ3v) is 5.53. The fourth-order valence-corrected chi connectivity index (χ4v) is 4.19. The van der Waals surface area contributed by atoms with Crippen LogP contribution in [-0.4, -0.2) is 73.1 Å². The summed E-state index contributed by atoms with van der Waals surface area (Å²) in [6.45, 7) is 9.55. The molecular weight excluding hydrogens is 274 g/mol. The van der Waals surface area contributed by atoms with Crippen molar-refractivity contribution in [1.29, 1.82) is 0 Å². The number of hydrogen-bond donors (Lipinski definition) is 0. The molecule has 0 saturated carbocycles. The van der Waals surface area contributed by atoms with Gasteiger partial charge in [-0.05, 0) is 49.9 Å². The van der Waals surface area contributed by atoms with Gasteiger partial charge in [0.05, 0.1) is 12.8 Å². The molecule has 1 aromatic heterocycles. The Hall–Kier alpha value is -1.28. The van der Waals surface area contributed by atoms with Crippen molar-refractivity contribution in [2.24, 2.45) is 5.92 Å². The Kier molecular flexibility index (Phi) is 4.20. The van der Waals surface area contributed by atoms with Crippen LogP contribution in [0.15, 0.2) is 22.8 Å². The number of piperazine rings is 1. The molecule has 0 amide bonds. The van der Waals surface area contributed by atoms with Gasteiger partial charge in [0.25, 0.3) is 0 Å². The minimum Gasteiger partial charge on any atom is -0.456 e. The molecule has 4 fully saturated rings. The Labute approximate surface area is 133 Å². The van der Waals surface area contributed by atoms with Crippen molar-refractivity contribution >= 4 is 0 Å². The van der Waals surface area contributed by atoms with Crippen molar-refractivity contribution in [3.63, 3.8) is 0 Å². The quantitative estimate of drug-likeness (QED) is 0.769. The molecule has 4 saturated heterocycles. The first kappa shape index (κ1) is 14.3. The smallest absolute Gasteiger partial charge is 0.176 e. The molecule has 1 aromatic rings. The lowest BCUT2D eigenvalue weighted by molar-refractivity contribution is -0.0135. The van der Waals surface area contributed by atoms with Crippen molar-refractivity contribution in [3.8, 4) is 11.8 Å². The van der Waals surface area contributed by atoms with E-state index in [0.717, 1.165) is 37.4 Å². The number of furan rings is 1. The van der Waals surface area contributed by atoms with Crippen LogP contribution in [0.2, 0.25) is 0 Å². The van der Waals surface area contributed by atoms with Crippen LogP contribution < -0.4 is 0 Å². The van der Waals surface area contributed by atoms with Gasteiger partial charge in [-0.1, -0.05) is 5.92 Å². The molecule has 0 aliphatic carbocycles. The second-order valence-electron chi connectivity index (χ2n) is 6.80. The van der Waals surface area contributed by atoms with Gasteiger partial charge in [0.1, 0.15) is 0 Å². The molecule has 0 N–H and O–H groups in total. The van der Waals surface area contributed by atoms with E-state index in [4.69, 9.17) is 4.42 Å². The molecule has 4 aliphatic rings. The average Bonchev–Trinajstić information content (AvgIpc) is 3.10. The van der Waals surface area contributed by atoms with Crippen molar-refractivity contribution in [2.45, 2.75) is 18.9 Å². The largest absolute Gasteiger partial charge is 0.456 e. The molecule has 4 nitrogen and oxygen atoms in total. The number of piperidine rings is 3. The topological polar surface area (TPSA) is 22.9 Å². The highest BCUT2D eigenvalue weighted by atomic mass is 16.3. The van der Waals surface area contributed by atoms with Gasteiger partial charge >= 0.3 is 0 Å². The van der Waals surface area contributed by atoms with Crippen LogP contribution >= 0.6 is 0 Å². The molecule has 5 heterocycles. The highest BCUT2D eigenvalue weighted by Crippen LogP contribution is 2.31. The minimum atomic E-state index is 0.769. The van der Waals surface area contributed by atoms with E-state index >= 15 is 0 Å². The van der Waals surface area contributed by atoms with Gasteiger partial charge in [0, 0.05) is 38.8 Å². The van der Waals surface area contributed by atoms with Gasteiger partial charge in [-0.15, -0.1) is 0 Å². The SMILES string of the molecule is C(#Cc1ccco1)CN1CCN([C@H]2CN3CCC2CC3)CC1. The average molecular weight is 299 g/mol. The predicted octanol–water partition coefficient (Wildman–Crippen LogP) is 1.34. The first-order valence-corrected chi connectivity index (χ1v) is 8.59. The number of nitrogens with zero attached hydrogens (tertiary/aromatic N) is 3. The summed E-state index contributed by atoms with van der Waals surface area (Å²) in [6.07, 6.45) is 4.51. The van der Waals surface area contributed by atoms with E-state index < -0.39 is 0 Å². The van der Waals surface area contributed by atoms with E-state index in [0.29, 0.717) is 0 Å². The summed E-state index contributed by atoms with van der Waals surface area (Å²) in [5.41, 5.74) is 0. The molecule has 22 heavy (non-hydrogen) atoms. The Morgan fingerprint density at radius 1 is 1.09 bits per heavy atom. The summed E-state index contributed by atoms with van der Waals surface area (Å²) in [5, 5.41) is 0. The van der Waals surface area contributed by atoms with Gasteiger partial charge in [-0.25, -0.2) is 0 Å². The summed E-state index contributed by atoms with van der Waals surface area (Å²) >= 11 is 0. The maximum Gasteiger partial charge on any atom is 0.176 e. The van der Waals surface area contributed by atoms with Gasteiger partial charge in [0.15, 0.2) is 5.76 Å². The molecule has 4 heteroatoms. The Morgan fingerprint density at radius 2 is 1.91 bits per heavy atom. The Bertz CT molecular complexity index is 528. The van der Waals surface area contributed by atoms with E-state index in [1.54, 1.807) is 6.26 Å². The lowest BCUT2D eigenvalue weighted by Gasteiger charge is -2.50. The molecule has 0 aromatic carbocycles. The fraction of sp³-hybridized carbons (Fsp3) is 0.667. The van der Waals surface area contributed by atoms with Crippen molar-refractivity contribution < 1.29 is 4.42 Å². The molecule has 0 radical (unpaired) electrons. The monoisotopic (exact) mass is 299 g/mol. The third-order valence-electron chi connectivity index (χ3n) is 5.53. The third kappa shape index (κ3) is 3.08. The fourth-order valence-electron chi connectivity index (χ4n) is 4.19. The highest BCUT2D eigenvalue weighted by molar-refractivity contribution is 5.24. The molecule has 5 rings (SSSR count). The van der Waals surface area contributed by atoms with E-state index in [2.05, 4.69) is 26.5 Å². The van der Waals surface area contributed by atoms with Crippen LogP contribution in [0.3, 0.4) is 0 Å². The predicted molar refractivity (Wildman–Crippen MR) is 86.6 cm³/mol. The molecule has 0 spiro atoms. The zero-order chi connectivity index (χ0) is 14.8. The normalized spacial score (nSPS) is 32.6. The van der Waals surface area contributed by atoms with Crippen LogP contribution in [0.4, 0.5) is 0 Å². The van der Waals surface area contributed by atoms with Gasteiger partial charge in [0.2, 0.25) is 0 Å². The summed E-state index contributed by atoms with van der Waals surface area (Å²) in [5.74, 6) is 8.05. The van der Waals surface area contributed by atoms with Crippen LogP contribution in [0, 0.1) is 17.8 Å². The molecular formula is C18H25N3O. The molecule has 1 atom stereocenters. The molecule has 118 valence electrons. The molecule has 4 aliphatic heterocycles. The zero-order valence-electron chi connectivity index (χ0n) is 13.2. The second kappa shape index (κ2) is 6.45. The van der Waals surface area contributed by atoms with Crippen molar-refractivity contribution in [1.82, 2.24) is 14.7 Å². The first-order valence-electron chi connectivity index (χ1n) is 8.59. The van der Waals surface area contributed by atoms with E-state index in [-0.39, 0.29) is 0 Å². The Morgan fingerprint density at radius 3 is 2.55 bits per heavy atom. The summed E-state index contributed by atoms with van der Waals surface area (Å²) in [7, 11) is 0. The summed E-state index contributed by atoms with van der Waals surface area (Å²) in [6, 6.07) is 4.62. The Balaban J connectivity index is 1.26. The van der Waals surface area contributed by atoms with E-state index in [1.165, 1.54) is 45.6 Å². The lowest BCUT2D eigenvalue weighted by Crippen LogP contribution is -2.61. The lowest BCUT2D eigenvalue weighted by atomic mass is 9.83. The summed E-state index contributed by atoms with van der Waals surface area (Å²) < 4.78 is 5.24. The minimum absolute atomic E-state index is 0.769. The number of rotatable bonds is 2. The number of fused-ring (bicyclic) bond motifs is 3. The van der Waals surface area contributed by atoms with Crippen LogP contribution in [0.25, 0.3) is 0 Å². The van der Waals surface area contributed by atoms with E-state index in [9.17, 15) is 0 Å². The van der Waals surface area contributed by atoms with Crippen molar-refractivity contribution in [3.05, 3.63) is 24.2 Å². The van der Waals surface area contributed by atoms with Gasteiger partial charge in [-0.2, -0.15) is 0 Å². The van der Waals surface area contributed by atoms with Crippen molar-refractivity contribution in [2.75, 3.05) is 52.4 Å². The van der Waals surface area contributed by atoms with Gasteiger partial charge in [-0.3, -0.25) is 9.80 Å². The highest BCUT2D eigenvalue weighted by Gasteiger charge is 2.38. The van der Waals surface area contributed by atoms with Gasteiger partial charge < -0.3 is 9.32 Å². The zero-order valence-corrected chi connectivity index (χ0v) is 13.2. The number of hydrogen-bond acceptors (Lipinski definition) is 4. The summed E-state index contributed by atoms with van der Waals surface area (Å²) in [4.78, 5) is 7.87. The first-order chi connectivity index (χ1) is 10.9.